The zero-order chi connectivity index (χ0) is 32.8. The second-order valence-corrected chi connectivity index (χ2v) is 13.4. The molecule has 1 spiro atoms. The number of fused-ring (bicyclic) bond motifs is 13. The largest absolute Gasteiger partial charge is 0.456 e. The first kappa shape index (κ1) is 27.5. The first-order valence-electron chi connectivity index (χ1n) is 17.2. The maximum atomic E-state index is 6.79. The van der Waals surface area contributed by atoms with Crippen LogP contribution >= 0.6 is 0 Å². The second-order valence-electron chi connectivity index (χ2n) is 13.4. The van der Waals surface area contributed by atoms with E-state index in [-0.39, 0.29) is 0 Å². The van der Waals surface area contributed by atoms with Crippen LogP contribution in [0.1, 0.15) is 40.0 Å². The Morgan fingerprint density at radius 2 is 1.02 bits per heavy atom. The summed E-state index contributed by atoms with van der Waals surface area (Å²) in [5.74, 6) is 2.98. The van der Waals surface area contributed by atoms with Crippen LogP contribution < -0.4 is 0 Å². The number of furan rings is 1. The molecule has 0 saturated heterocycles. The van der Waals surface area contributed by atoms with Crippen molar-refractivity contribution in [1.82, 2.24) is 15.0 Å². The third-order valence-corrected chi connectivity index (χ3v) is 10.9. The van der Waals surface area contributed by atoms with Crippen molar-refractivity contribution in [3.63, 3.8) is 0 Å². The lowest BCUT2D eigenvalue weighted by atomic mass is 9.67. The number of para-hydroxylation sites is 1. The Labute approximate surface area is 289 Å². The maximum Gasteiger partial charge on any atom is 0.164 e. The fourth-order valence-electron chi connectivity index (χ4n) is 8.88. The number of rotatable bonds is 3. The van der Waals surface area contributed by atoms with E-state index in [0.29, 0.717) is 17.5 Å². The molecule has 0 atom stereocenters. The summed E-state index contributed by atoms with van der Waals surface area (Å²) >= 11 is 0. The molecule has 3 aliphatic carbocycles. The van der Waals surface area contributed by atoms with Crippen LogP contribution in [0.5, 0.6) is 0 Å². The van der Waals surface area contributed by atoms with Crippen molar-refractivity contribution in [3.05, 3.63) is 191 Å². The summed E-state index contributed by atoms with van der Waals surface area (Å²) in [6, 6.07) is 53.6. The topological polar surface area (TPSA) is 51.8 Å². The average Bonchev–Trinajstić information content (AvgIpc) is 3.82. The lowest BCUT2D eigenvalue weighted by Crippen LogP contribution is -2.28. The van der Waals surface area contributed by atoms with Gasteiger partial charge in [-0.3, -0.25) is 0 Å². The van der Waals surface area contributed by atoms with Gasteiger partial charge in [-0.2, -0.15) is 0 Å². The highest BCUT2D eigenvalue weighted by atomic mass is 16.3. The summed E-state index contributed by atoms with van der Waals surface area (Å²) in [5, 5.41) is 1.22. The first-order chi connectivity index (χ1) is 24.8. The van der Waals surface area contributed by atoms with Gasteiger partial charge in [0.15, 0.2) is 17.5 Å². The number of hydrogen-bond donors (Lipinski definition) is 0. The van der Waals surface area contributed by atoms with E-state index in [2.05, 4.69) is 115 Å². The van der Waals surface area contributed by atoms with E-state index < -0.39 is 5.41 Å². The summed E-state index contributed by atoms with van der Waals surface area (Å²) in [6.45, 7) is 0. The molecule has 8 aromatic rings. The maximum absolute atomic E-state index is 6.79. The lowest BCUT2D eigenvalue weighted by Gasteiger charge is -2.34. The van der Waals surface area contributed by atoms with E-state index in [1.165, 1.54) is 55.5 Å². The molecule has 234 valence electrons. The van der Waals surface area contributed by atoms with Gasteiger partial charge in [0.2, 0.25) is 0 Å². The zero-order valence-corrected chi connectivity index (χ0v) is 27.1. The Kier molecular flexibility index (Phi) is 5.68. The van der Waals surface area contributed by atoms with Crippen LogP contribution in [-0.4, -0.2) is 15.0 Å². The van der Waals surface area contributed by atoms with Gasteiger partial charge in [0.1, 0.15) is 11.3 Å². The minimum Gasteiger partial charge on any atom is -0.456 e. The fourth-order valence-corrected chi connectivity index (χ4v) is 8.88. The van der Waals surface area contributed by atoms with Crippen molar-refractivity contribution < 1.29 is 4.42 Å². The molecule has 2 heterocycles. The Bertz CT molecular complexity index is 2600. The molecule has 0 N–H and O–H groups in total. The van der Waals surface area contributed by atoms with Crippen molar-refractivity contribution in [2.75, 3.05) is 0 Å². The highest BCUT2D eigenvalue weighted by molar-refractivity contribution is 6.01. The minimum absolute atomic E-state index is 0.456. The SMILES string of the molecule is c1ccc(-c2nc(-c3ccccc3)nc(-c3ccc4c(c3)C3(C5=C4c4oc6ccccc6c4CC5)c4ccccc4-c4ccccc43)n2)cc1. The van der Waals surface area contributed by atoms with Crippen molar-refractivity contribution in [2.45, 2.75) is 18.3 Å². The standard InChI is InChI=1S/C46H29N3O/c1-3-13-28(14-4-1)43-47-44(29-15-5-2-6-16-29)49-45(48-43)30-23-24-35-39(27-30)46(36-20-10-7-17-31(36)32-18-8-11-21-37(32)46)38-26-25-34-33-19-9-12-22-40(33)50-42(34)41(35)38/h1-24,27H,25-26H2. The summed E-state index contributed by atoms with van der Waals surface area (Å²) in [6.07, 6.45) is 1.88. The molecule has 0 bridgehead atoms. The van der Waals surface area contributed by atoms with Gasteiger partial charge in [-0.15, -0.1) is 0 Å². The predicted molar refractivity (Wildman–Crippen MR) is 198 cm³/mol. The van der Waals surface area contributed by atoms with Gasteiger partial charge in [-0.1, -0.05) is 140 Å². The van der Waals surface area contributed by atoms with Crippen LogP contribution in [0, 0.1) is 0 Å². The van der Waals surface area contributed by atoms with Gasteiger partial charge in [0, 0.05) is 33.2 Å². The van der Waals surface area contributed by atoms with Gasteiger partial charge >= 0.3 is 0 Å². The highest BCUT2D eigenvalue weighted by Crippen LogP contribution is 2.65. The molecule has 3 aliphatic rings. The van der Waals surface area contributed by atoms with Gasteiger partial charge in [0.05, 0.1) is 5.41 Å². The van der Waals surface area contributed by atoms with E-state index in [0.717, 1.165) is 40.9 Å². The van der Waals surface area contributed by atoms with Gasteiger partial charge in [-0.05, 0) is 63.9 Å². The predicted octanol–water partition coefficient (Wildman–Crippen LogP) is 10.7. The summed E-state index contributed by atoms with van der Waals surface area (Å²) in [5.41, 5.74) is 15.1. The normalized spacial score (nSPS) is 14.7. The van der Waals surface area contributed by atoms with Crippen LogP contribution in [0.25, 0.3) is 61.8 Å². The van der Waals surface area contributed by atoms with Crippen molar-refractivity contribution in [3.8, 4) is 45.3 Å². The summed E-state index contributed by atoms with van der Waals surface area (Å²) in [7, 11) is 0. The van der Waals surface area contributed by atoms with Crippen LogP contribution in [0.15, 0.2) is 162 Å². The molecule has 0 amide bonds. The number of nitrogens with zero attached hydrogens (tertiary/aromatic N) is 3. The van der Waals surface area contributed by atoms with E-state index in [1.807, 2.05) is 36.4 Å². The molecule has 4 nitrogen and oxygen atoms in total. The van der Waals surface area contributed by atoms with Crippen molar-refractivity contribution in [2.24, 2.45) is 0 Å². The Balaban J connectivity index is 1.21. The van der Waals surface area contributed by atoms with E-state index in [4.69, 9.17) is 19.4 Å². The monoisotopic (exact) mass is 639 g/mol. The number of allylic oxidation sites excluding steroid dienone is 1. The summed E-state index contributed by atoms with van der Waals surface area (Å²) in [4.78, 5) is 15.2. The Morgan fingerprint density at radius 1 is 0.460 bits per heavy atom. The third kappa shape index (κ3) is 3.68. The quantitative estimate of drug-likeness (QED) is 0.193. The smallest absolute Gasteiger partial charge is 0.164 e. The summed E-state index contributed by atoms with van der Waals surface area (Å²) < 4.78 is 6.79. The van der Waals surface area contributed by atoms with E-state index in [1.54, 1.807) is 0 Å². The van der Waals surface area contributed by atoms with Crippen LogP contribution in [0.3, 0.4) is 0 Å². The van der Waals surface area contributed by atoms with Crippen molar-refractivity contribution in [1.29, 1.82) is 0 Å². The number of aryl methyl sites for hydroxylation is 1. The molecule has 0 unspecified atom stereocenters. The first-order valence-corrected chi connectivity index (χ1v) is 17.2. The number of aromatic nitrogens is 3. The van der Waals surface area contributed by atoms with Crippen molar-refractivity contribution >= 4 is 16.5 Å². The molecule has 0 fully saturated rings. The molecule has 4 heteroatoms. The van der Waals surface area contributed by atoms with Gasteiger partial charge < -0.3 is 4.42 Å². The molecule has 50 heavy (non-hydrogen) atoms. The third-order valence-electron chi connectivity index (χ3n) is 10.9. The van der Waals surface area contributed by atoms with Crippen LogP contribution in [0.2, 0.25) is 0 Å². The van der Waals surface area contributed by atoms with Gasteiger partial charge in [-0.25, -0.2) is 15.0 Å². The highest BCUT2D eigenvalue weighted by Gasteiger charge is 2.54. The van der Waals surface area contributed by atoms with E-state index >= 15 is 0 Å². The molecule has 6 aromatic carbocycles. The van der Waals surface area contributed by atoms with Crippen LogP contribution in [-0.2, 0) is 11.8 Å². The molecule has 0 aliphatic heterocycles. The second kappa shape index (κ2) is 10.3. The molecular formula is C46H29N3O. The van der Waals surface area contributed by atoms with Crippen LogP contribution in [0.4, 0.5) is 0 Å². The average molecular weight is 640 g/mol. The zero-order valence-electron chi connectivity index (χ0n) is 27.1. The lowest BCUT2D eigenvalue weighted by molar-refractivity contribution is 0.585. The minimum atomic E-state index is -0.456. The molecule has 0 saturated carbocycles. The van der Waals surface area contributed by atoms with E-state index in [9.17, 15) is 0 Å². The Hall–Kier alpha value is -6.39. The fraction of sp³-hybridized carbons (Fsp3) is 0.0652. The molecule has 11 rings (SSSR count). The van der Waals surface area contributed by atoms with Gasteiger partial charge in [0.25, 0.3) is 0 Å². The molecular weight excluding hydrogens is 611 g/mol. The Morgan fingerprint density at radius 3 is 1.68 bits per heavy atom. The molecule has 0 radical (unpaired) electrons. The number of benzene rings is 6. The molecule has 2 aromatic heterocycles. The number of hydrogen-bond acceptors (Lipinski definition) is 4.